The number of nitrogens with zero attached hydrogens (tertiary/aromatic N) is 7. The summed E-state index contributed by atoms with van der Waals surface area (Å²) >= 11 is 1.48. The summed E-state index contributed by atoms with van der Waals surface area (Å²) in [6.45, 7) is 7.86. The van der Waals surface area contributed by atoms with E-state index in [0.717, 1.165) is 29.4 Å². The van der Waals surface area contributed by atoms with Crippen molar-refractivity contribution in [1.29, 1.82) is 0 Å². The lowest BCUT2D eigenvalue weighted by Gasteiger charge is -2.14. The van der Waals surface area contributed by atoms with Crippen molar-refractivity contribution in [1.82, 2.24) is 34.6 Å². The van der Waals surface area contributed by atoms with Gasteiger partial charge in [-0.05, 0) is 70.1 Å². The molecule has 3 aromatic heterocycles. The van der Waals surface area contributed by atoms with Gasteiger partial charge in [-0.2, -0.15) is 0 Å². The van der Waals surface area contributed by atoms with Gasteiger partial charge in [0.15, 0.2) is 5.82 Å². The van der Waals surface area contributed by atoms with Gasteiger partial charge in [0, 0.05) is 40.3 Å². The summed E-state index contributed by atoms with van der Waals surface area (Å²) in [5.41, 5.74) is 1.16. The molecule has 1 saturated heterocycles. The molecular formula is C27H30N8O2S. The summed E-state index contributed by atoms with van der Waals surface area (Å²) in [7, 11) is 0. The highest BCUT2D eigenvalue weighted by Gasteiger charge is 2.14. The van der Waals surface area contributed by atoms with E-state index in [1.54, 1.807) is 30.9 Å². The van der Waals surface area contributed by atoms with Crippen LogP contribution < -0.4 is 10.1 Å². The molecule has 1 fully saturated rings. The van der Waals surface area contributed by atoms with E-state index in [1.165, 1.54) is 24.6 Å². The minimum absolute atomic E-state index is 0.189. The van der Waals surface area contributed by atoms with Gasteiger partial charge in [-0.3, -0.25) is 9.69 Å². The van der Waals surface area contributed by atoms with Crippen molar-refractivity contribution in [2.45, 2.75) is 42.5 Å². The molecule has 0 atom stereocenters. The SMILES string of the molecule is CC(C)n1cnnc1-c1cccc(NC(=O)c2cccc(Sc3cnc(OCCN4CCCC4)nc3)c2)n1. The predicted molar refractivity (Wildman–Crippen MR) is 145 cm³/mol. The van der Waals surface area contributed by atoms with E-state index in [4.69, 9.17) is 4.74 Å². The Bertz CT molecular complexity index is 1370. The van der Waals surface area contributed by atoms with Crippen LogP contribution >= 0.6 is 11.8 Å². The van der Waals surface area contributed by atoms with Crippen LogP contribution in [0.1, 0.15) is 43.1 Å². The molecule has 11 heteroatoms. The third kappa shape index (κ3) is 6.53. The van der Waals surface area contributed by atoms with Crippen molar-refractivity contribution in [3.8, 4) is 17.5 Å². The largest absolute Gasteiger partial charge is 0.462 e. The van der Waals surface area contributed by atoms with Crippen molar-refractivity contribution in [3.05, 3.63) is 66.7 Å². The quantitative estimate of drug-likeness (QED) is 0.315. The number of hydrogen-bond donors (Lipinski definition) is 1. The zero-order chi connectivity index (χ0) is 26.3. The normalized spacial score (nSPS) is 13.7. The van der Waals surface area contributed by atoms with Crippen molar-refractivity contribution in [3.63, 3.8) is 0 Å². The van der Waals surface area contributed by atoms with Gasteiger partial charge >= 0.3 is 6.01 Å². The van der Waals surface area contributed by atoms with E-state index >= 15 is 0 Å². The number of likely N-dealkylation sites (tertiary alicyclic amines) is 1. The van der Waals surface area contributed by atoms with Crippen LogP contribution in [0.25, 0.3) is 11.5 Å². The highest BCUT2D eigenvalue weighted by Crippen LogP contribution is 2.28. The molecule has 5 rings (SSSR count). The number of amides is 1. The molecule has 0 radical (unpaired) electrons. The van der Waals surface area contributed by atoms with Crippen LogP contribution in [0.5, 0.6) is 6.01 Å². The summed E-state index contributed by atoms with van der Waals surface area (Å²) in [5.74, 6) is 0.845. The van der Waals surface area contributed by atoms with Gasteiger partial charge in [0.1, 0.15) is 24.4 Å². The van der Waals surface area contributed by atoms with Gasteiger partial charge in [0.2, 0.25) is 0 Å². The van der Waals surface area contributed by atoms with Gasteiger partial charge in [0.25, 0.3) is 5.91 Å². The highest BCUT2D eigenvalue weighted by atomic mass is 32.2. The summed E-state index contributed by atoms with van der Waals surface area (Å²) in [6, 6.07) is 13.4. The van der Waals surface area contributed by atoms with E-state index in [-0.39, 0.29) is 11.9 Å². The minimum atomic E-state index is -0.250. The molecule has 196 valence electrons. The Labute approximate surface area is 225 Å². The average Bonchev–Trinajstić information content (AvgIpc) is 3.63. The number of rotatable bonds is 10. The van der Waals surface area contributed by atoms with Gasteiger partial charge in [-0.25, -0.2) is 15.0 Å². The van der Waals surface area contributed by atoms with Gasteiger partial charge in [0.05, 0.1) is 0 Å². The molecule has 0 bridgehead atoms. The molecular weight excluding hydrogens is 500 g/mol. The van der Waals surface area contributed by atoms with Gasteiger partial charge in [-0.1, -0.05) is 23.9 Å². The lowest BCUT2D eigenvalue weighted by molar-refractivity contribution is 0.102. The van der Waals surface area contributed by atoms with Gasteiger partial charge in [-0.15, -0.1) is 10.2 Å². The number of benzene rings is 1. The third-order valence-electron chi connectivity index (χ3n) is 6.12. The Morgan fingerprint density at radius 1 is 1.08 bits per heavy atom. The first kappa shape index (κ1) is 25.8. The molecule has 1 aliphatic rings. The second-order valence-corrected chi connectivity index (χ2v) is 10.4. The number of aromatic nitrogens is 6. The summed E-state index contributed by atoms with van der Waals surface area (Å²) < 4.78 is 7.63. The second-order valence-electron chi connectivity index (χ2n) is 9.25. The Hall–Kier alpha value is -3.83. The first-order valence-corrected chi connectivity index (χ1v) is 13.5. The predicted octanol–water partition coefficient (Wildman–Crippen LogP) is 4.59. The van der Waals surface area contributed by atoms with E-state index in [1.807, 2.05) is 48.7 Å². The van der Waals surface area contributed by atoms with E-state index in [9.17, 15) is 4.79 Å². The molecule has 1 aliphatic heterocycles. The maximum absolute atomic E-state index is 13.0. The first-order chi connectivity index (χ1) is 18.5. The molecule has 1 aromatic carbocycles. The second kappa shape index (κ2) is 12.1. The molecule has 10 nitrogen and oxygen atoms in total. The van der Waals surface area contributed by atoms with Crippen molar-refractivity contribution in [2.75, 3.05) is 31.6 Å². The van der Waals surface area contributed by atoms with Crippen molar-refractivity contribution < 1.29 is 9.53 Å². The topological polar surface area (TPSA) is 111 Å². The maximum atomic E-state index is 13.0. The summed E-state index contributed by atoms with van der Waals surface area (Å²) in [6.07, 6.45) is 7.68. The molecule has 0 aliphatic carbocycles. The van der Waals surface area contributed by atoms with Crippen LogP contribution in [0.2, 0.25) is 0 Å². The van der Waals surface area contributed by atoms with E-state index < -0.39 is 0 Å². The molecule has 1 amide bonds. The molecule has 0 spiro atoms. The Morgan fingerprint density at radius 3 is 2.66 bits per heavy atom. The number of hydrogen-bond acceptors (Lipinski definition) is 9. The molecule has 0 saturated carbocycles. The third-order valence-corrected chi connectivity index (χ3v) is 7.06. The lowest BCUT2D eigenvalue weighted by Crippen LogP contribution is -2.25. The maximum Gasteiger partial charge on any atom is 0.316 e. The Kier molecular flexibility index (Phi) is 8.25. The number of anilines is 1. The number of nitrogens with one attached hydrogen (secondary N) is 1. The van der Waals surface area contributed by atoms with Crippen LogP contribution in [0.15, 0.2) is 71.0 Å². The fourth-order valence-corrected chi connectivity index (χ4v) is 4.98. The van der Waals surface area contributed by atoms with E-state index in [0.29, 0.717) is 35.5 Å². The average molecular weight is 531 g/mol. The monoisotopic (exact) mass is 530 g/mol. The minimum Gasteiger partial charge on any atom is -0.462 e. The zero-order valence-corrected chi connectivity index (χ0v) is 22.3. The van der Waals surface area contributed by atoms with Gasteiger partial charge < -0.3 is 14.6 Å². The lowest BCUT2D eigenvalue weighted by atomic mass is 10.2. The first-order valence-electron chi connectivity index (χ1n) is 12.7. The van der Waals surface area contributed by atoms with Crippen LogP contribution in [-0.2, 0) is 0 Å². The zero-order valence-electron chi connectivity index (χ0n) is 21.4. The summed E-state index contributed by atoms with van der Waals surface area (Å²) in [5, 5.41) is 11.1. The van der Waals surface area contributed by atoms with Crippen LogP contribution in [0.3, 0.4) is 0 Å². The van der Waals surface area contributed by atoms with Crippen LogP contribution in [-0.4, -0.2) is 66.8 Å². The molecule has 4 heterocycles. The van der Waals surface area contributed by atoms with Crippen LogP contribution in [0.4, 0.5) is 5.82 Å². The highest BCUT2D eigenvalue weighted by molar-refractivity contribution is 7.99. The van der Waals surface area contributed by atoms with Crippen LogP contribution in [0, 0.1) is 0 Å². The summed E-state index contributed by atoms with van der Waals surface area (Å²) in [4.78, 5) is 30.4. The fraction of sp³-hybridized carbons (Fsp3) is 0.333. The van der Waals surface area contributed by atoms with Crippen molar-refractivity contribution in [2.24, 2.45) is 0 Å². The van der Waals surface area contributed by atoms with E-state index in [2.05, 4.69) is 35.4 Å². The standard InChI is InChI=1S/C27H30N8O2S/c1-19(2)35-18-30-33-25(35)23-9-6-10-24(31-23)32-26(36)20-7-5-8-21(15-20)38-22-16-28-27(29-17-22)37-14-13-34-11-3-4-12-34/h5-10,15-19H,3-4,11-14H2,1-2H3,(H,31,32,36). The molecule has 4 aromatic rings. The molecule has 0 unspecified atom stereocenters. The molecule has 38 heavy (non-hydrogen) atoms. The van der Waals surface area contributed by atoms with Crippen molar-refractivity contribution >= 4 is 23.5 Å². The molecule has 1 N–H and O–H groups in total. The number of carbonyl (C=O) groups is 1. The Balaban J connectivity index is 1.19. The Morgan fingerprint density at radius 2 is 1.87 bits per heavy atom. The number of carbonyl (C=O) groups excluding carboxylic acids is 1. The number of ether oxygens (including phenoxy) is 1. The fourth-order valence-electron chi connectivity index (χ4n) is 4.16. The number of pyridine rings is 1. The smallest absolute Gasteiger partial charge is 0.316 e.